The van der Waals surface area contributed by atoms with Crippen LogP contribution in [-0.2, 0) is 16.2 Å². The van der Waals surface area contributed by atoms with Crippen LogP contribution in [0, 0.1) is 0 Å². The second-order valence-corrected chi connectivity index (χ2v) is 21.7. The van der Waals surface area contributed by atoms with Crippen molar-refractivity contribution in [1.29, 1.82) is 0 Å². The molecule has 0 N–H and O–H groups in total. The van der Waals surface area contributed by atoms with E-state index < -0.39 is 8.07 Å². The van der Waals surface area contributed by atoms with E-state index >= 15 is 0 Å². The maximum Gasteiger partial charge on any atom is 0.113 e. The molecular weight excluding hydrogens is 619 g/mol. The standard InChI is InChI=1S/C48H47NSi/c1-46(2)30-47(3,4)43-27-32(19-25-41(43)46)31-17-20-33(21-18-31)49(34-23-26-45-39(28-34)38-14-10-12-16-44(38)50(45,7)8)35-22-24-37-36-13-9-11-15-40(36)48(5,6)42(37)29-35/h9-29H,30H2,1-8H3. The van der Waals surface area contributed by atoms with Gasteiger partial charge in [-0.2, -0.15) is 0 Å². The zero-order valence-electron chi connectivity index (χ0n) is 30.8. The highest BCUT2D eigenvalue weighted by Crippen LogP contribution is 2.52. The molecule has 2 aliphatic carbocycles. The fourth-order valence-corrected chi connectivity index (χ4v) is 13.2. The van der Waals surface area contributed by atoms with Crippen molar-refractivity contribution in [2.45, 2.75) is 77.3 Å². The third-order valence-corrected chi connectivity index (χ3v) is 16.0. The molecule has 9 rings (SSSR count). The largest absolute Gasteiger partial charge is 0.310 e. The number of fused-ring (bicyclic) bond motifs is 7. The summed E-state index contributed by atoms with van der Waals surface area (Å²) in [4.78, 5) is 2.48. The van der Waals surface area contributed by atoms with Gasteiger partial charge in [-0.3, -0.25) is 0 Å². The van der Waals surface area contributed by atoms with Gasteiger partial charge in [0.1, 0.15) is 8.07 Å². The predicted octanol–water partition coefficient (Wildman–Crippen LogP) is 11.9. The maximum atomic E-state index is 2.50. The average Bonchev–Trinajstić information content (AvgIpc) is 3.56. The third-order valence-electron chi connectivity index (χ3n) is 12.5. The SMILES string of the molecule is CC1(C)CC(C)(C)c2cc(-c3ccc(N(c4ccc5c(c4)-c4ccccc4[Si]5(C)C)c4ccc5c(c4)C(C)(C)c4ccccc4-5)cc3)ccc21. The third kappa shape index (κ3) is 4.44. The second-order valence-electron chi connectivity index (χ2n) is 17.4. The van der Waals surface area contributed by atoms with Crippen LogP contribution in [-0.4, -0.2) is 8.07 Å². The van der Waals surface area contributed by atoms with Crippen LogP contribution < -0.4 is 15.3 Å². The van der Waals surface area contributed by atoms with Crippen molar-refractivity contribution in [2.24, 2.45) is 0 Å². The summed E-state index contributed by atoms with van der Waals surface area (Å²) in [5.41, 5.74) is 17.8. The lowest BCUT2D eigenvalue weighted by Crippen LogP contribution is -2.49. The van der Waals surface area contributed by atoms with Crippen LogP contribution in [0.3, 0.4) is 0 Å². The van der Waals surface area contributed by atoms with Crippen molar-refractivity contribution in [3.8, 4) is 33.4 Å². The summed E-state index contributed by atoms with van der Waals surface area (Å²) in [6.45, 7) is 19.3. The molecule has 1 heterocycles. The molecule has 6 aromatic carbocycles. The van der Waals surface area contributed by atoms with E-state index in [1.54, 1.807) is 5.19 Å². The lowest BCUT2D eigenvalue weighted by atomic mass is 9.82. The zero-order chi connectivity index (χ0) is 34.8. The van der Waals surface area contributed by atoms with E-state index in [1.165, 1.54) is 84.3 Å². The van der Waals surface area contributed by atoms with E-state index in [9.17, 15) is 0 Å². The highest BCUT2D eigenvalue weighted by Gasteiger charge is 2.42. The zero-order valence-corrected chi connectivity index (χ0v) is 31.8. The summed E-state index contributed by atoms with van der Waals surface area (Å²) >= 11 is 0. The number of nitrogens with zero attached hydrogens (tertiary/aromatic N) is 1. The smallest absolute Gasteiger partial charge is 0.113 e. The van der Waals surface area contributed by atoms with Crippen molar-refractivity contribution in [1.82, 2.24) is 0 Å². The molecule has 1 nitrogen and oxygen atoms in total. The van der Waals surface area contributed by atoms with Crippen LogP contribution in [0.15, 0.2) is 127 Å². The topological polar surface area (TPSA) is 3.24 Å². The van der Waals surface area contributed by atoms with E-state index in [2.05, 4.69) is 187 Å². The minimum Gasteiger partial charge on any atom is -0.310 e. The Morgan fingerprint density at radius 2 is 1.02 bits per heavy atom. The molecule has 0 aromatic heterocycles. The first-order chi connectivity index (χ1) is 23.8. The summed E-state index contributed by atoms with van der Waals surface area (Å²) in [7, 11) is -1.76. The first kappa shape index (κ1) is 31.3. The number of rotatable bonds is 4. The minimum atomic E-state index is -1.76. The Kier molecular flexibility index (Phi) is 6.54. The average molecular weight is 666 g/mol. The van der Waals surface area contributed by atoms with Crippen LogP contribution in [0.25, 0.3) is 33.4 Å². The van der Waals surface area contributed by atoms with Gasteiger partial charge in [0, 0.05) is 22.5 Å². The van der Waals surface area contributed by atoms with Gasteiger partial charge in [0.25, 0.3) is 0 Å². The molecule has 6 aromatic rings. The molecule has 248 valence electrons. The van der Waals surface area contributed by atoms with Crippen LogP contribution in [0.2, 0.25) is 13.1 Å². The molecule has 0 atom stereocenters. The molecule has 50 heavy (non-hydrogen) atoms. The summed E-state index contributed by atoms with van der Waals surface area (Å²) in [5.74, 6) is 0. The maximum absolute atomic E-state index is 2.50. The Morgan fingerprint density at radius 1 is 0.440 bits per heavy atom. The molecule has 0 saturated heterocycles. The van der Waals surface area contributed by atoms with E-state index in [0.29, 0.717) is 0 Å². The van der Waals surface area contributed by atoms with Crippen molar-refractivity contribution < 1.29 is 0 Å². The fraction of sp³-hybridized carbons (Fsp3) is 0.250. The van der Waals surface area contributed by atoms with Gasteiger partial charge in [0.05, 0.1) is 0 Å². The molecule has 0 saturated carbocycles. The van der Waals surface area contributed by atoms with E-state index in [-0.39, 0.29) is 16.2 Å². The van der Waals surface area contributed by atoms with Gasteiger partial charge in [0.15, 0.2) is 0 Å². The summed E-state index contributed by atoms with van der Waals surface area (Å²) in [5, 5.41) is 3.08. The quantitative estimate of drug-likeness (QED) is 0.169. The van der Waals surface area contributed by atoms with Gasteiger partial charge in [-0.25, -0.2) is 0 Å². The lowest BCUT2D eigenvalue weighted by Gasteiger charge is -2.29. The molecule has 0 unspecified atom stereocenters. The number of hydrogen-bond donors (Lipinski definition) is 0. The molecule has 2 heteroatoms. The number of hydrogen-bond acceptors (Lipinski definition) is 1. The molecule has 0 bridgehead atoms. The minimum absolute atomic E-state index is 0.0696. The van der Waals surface area contributed by atoms with Crippen LogP contribution >= 0.6 is 0 Å². The normalized spacial score (nSPS) is 17.8. The van der Waals surface area contributed by atoms with Gasteiger partial charge >= 0.3 is 0 Å². The van der Waals surface area contributed by atoms with Crippen molar-refractivity contribution in [2.75, 3.05) is 4.90 Å². The van der Waals surface area contributed by atoms with Gasteiger partial charge in [-0.15, -0.1) is 0 Å². The molecule has 0 spiro atoms. The monoisotopic (exact) mass is 665 g/mol. The fourth-order valence-electron chi connectivity index (χ4n) is 10.1. The van der Waals surface area contributed by atoms with Gasteiger partial charge < -0.3 is 4.90 Å². The van der Waals surface area contributed by atoms with Crippen LogP contribution in [0.1, 0.15) is 70.2 Å². The summed E-state index contributed by atoms with van der Waals surface area (Å²) in [6.07, 6.45) is 1.18. The van der Waals surface area contributed by atoms with Crippen molar-refractivity contribution in [3.05, 3.63) is 150 Å². The van der Waals surface area contributed by atoms with Crippen molar-refractivity contribution >= 4 is 35.5 Å². The number of anilines is 3. The Labute approximate surface area is 299 Å². The molecule has 3 aliphatic rings. The summed E-state index contributed by atoms with van der Waals surface area (Å²) in [6, 6.07) is 48.9. The highest BCUT2D eigenvalue weighted by atomic mass is 28.3. The molecule has 0 radical (unpaired) electrons. The summed E-state index contributed by atoms with van der Waals surface area (Å²) < 4.78 is 0. The van der Waals surface area contributed by atoms with Gasteiger partial charge in [-0.05, 0) is 120 Å². The highest BCUT2D eigenvalue weighted by molar-refractivity contribution is 7.03. The molecule has 0 fully saturated rings. The Balaban J connectivity index is 1.18. The Morgan fingerprint density at radius 3 is 1.80 bits per heavy atom. The van der Waals surface area contributed by atoms with E-state index in [1.807, 2.05) is 0 Å². The first-order valence-electron chi connectivity index (χ1n) is 18.3. The van der Waals surface area contributed by atoms with E-state index in [4.69, 9.17) is 0 Å². The van der Waals surface area contributed by atoms with Gasteiger partial charge in [-0.1, -0.05) is 146 Å². The Bertz CT molecular complexity index is 2350. The molecule has 0 amide bonds. The predicted molar refractivity (Wildman–Crippen MR) is 217 cm³/mol. The Hall–Kier alpha value is -4.66. The second kappa shape index (κ2) is 10.4. The number of benzene rings is 6. The van der Waals surface area contributed by atoms with Gasteiger partial charge in [0.2, 0.25) is 0 Å². The lowest BCUT2D eigenvalue weighted by molar-refractivity contribution is 0.403. The van der Waals surface area contributed by atoms with Crippen LogP contribution in [0.4, 0.5) is 17.1 Å². The van der Waals surface area contributed by atoms with Crippen LogP contribution in [0.5, 0.6) is 0 Å². The molecule has 1 aliphatic heterocycles. The molecular formula is C48H47NSi. The first-order valence-corrected chi connectivity index (χ1v) is 21.3. The van der Waals surface area contributed by atoms with E-state index in [0.717, 1.165) is 0 Å². The van der Waals surface area contributed by atoms with Crippen molar-refractivity contribution in [3.63, 3.8) is 0 Å².